The third kappa shape index (κ3) is 2.84. The fraction of sp³-hybridized carbons (Fsp3) is 0.412. The van der Waals surface area contributed by atoms with Gasteiger partial charge < -0.3 is 16.0 Å². The van der Waals surface area contributed by atoms with Gasteiger partial charge in [-0.05, 0) is 31.4 Å². The molecule has 2 aliphatic heterocycles. The molecule has 1 aromatic carbocycles. The third-order valence-corrected chi connectivity index (χ3v) is 5.79. The Kier molecular flexibility index (Phi) is 3.79. The number of thiazole rings is 1. The monoisotopic (exact) mass is 328 g/mol. The van der Waals surface area contributed by atoms with E-state index in [9.17, 15) is 4.79 Å². The van der Waals surface area contributed by atoms with E-state index in [0.29, 0.717) is 17.0 Å². The van der Waals surface area contributed by atoms with Crippen LogP contribution in [0.15, 0.2) is 30.5 Å². The van der Waals surface area contributed by atoms with Crippen LogP contribution >= 0.6 is 11.3 Å². The van der Waals surface area contributed by atoms with Gasteiger partial charge in [0.05, 0.1) is 6.20 Å². The summed E-state index contributed by atoms with van der Waals surface area (Å²) in [6.07, 6.45) is 5.14. The number of nitrogens with zero attached hydrogens (tertiary/aromatic N) is 1. The summed E-state index contributed by atoms with van der Waals surface area (Å²) >= 11 is 1.45. The number of nitrogens with one attached hydrogen (secondary N) is 3. The summed E-state index contributed by atoms with van der Waals surface area (Å²) in [5.74, 6) is -0.00197. The highest BCUT2D eigenvalue weighted by atomic mass is 32.1. The van der Waals surface area contributed by atoms with Gasteiger partial charge in [-0.3, -0.25) is 4.79 Å². The zero-order valence-corrected chi connectivity index (χ0v) is 13.8. The van der Waals surface area contributed by atoms with Crippen LogP contribution in [-0.4, -0.2) is 36.1 Å². The molecule has 0 saturated carbocycles. The summed E-state index contributed by atoms with van der Waals surface area (Å²) in [5.41, 5.74) is 2.07. The minimum Gasteiger partial charge on any atom is -0.388 e. The highest BCUT2D eigenvalue weighted by molar-refractivity contribution is 7.16. The van der Waals surface area contributed by atoms with E-state index in [1.807, 2.05) is 31.3 Å². The molecule has 0 radical (unpaired) electrons. The van der Waals surface area contributed by atoms with Gasteiger partial charge in [-0.1, -0.05) is 12.1 Å². The maximum Gasteiger partial charge on any atom is 0.263 e. The van der Waals surface area contributed by atoms with Gasteiger partial charge in [0.15, 0.2) is 0 Å². The fourth-order valence-corrected chi connectivity index (χ4v) is 4.36. The van der Waals surface area contributed by atoms with Crippen LogP contribution in [0.1, 0.15) is 28.9 Å². The lowest BCUT2D eigenvalue weighted by molar-refractivity contribution is 0.0935. The molecule has 3 atom stereocenters. The Balaban J connectivity index is 1.47. The van der Waals surface area contributed by atoms with Crippen molar-refractivity contribution in [2.45, 2.75) is 37.4 Å². The van der Waals surface area contributed by atoms with Crippen LogP contribution < -0.4 is 16.0 Å². The summed E-state index contributed by atoms with van der Waals surface area (Å²) in [5, 5.41) is 10.7. The standard InChI is InChI=1S/C17H20N4OS/c1-18-11-4-2-3-10(7-11)17-19-9-15(23-17)16(22)21-14-8-12-5-6-13(14)20-12/h2-4,7,9,12-14,18,20H,5-6,8H2,1H3,(H,21,22). The molecule has 1 aromatic heterocycles. The fourth-order valence-electron chi connectivity index (χ4n) is 3.54. The average molecular weight is 328 g/mol. The van der Waals surface area contributed by atoms with Gasteiger partial charge in [-0.25, -0.2) is 4.98 Å². The van der Waals surface area contributed by atoms with E-state index in [4.69, 9.17) is 0 Å². The first-order valence-corrected chi connectivity index (χ1v) is 8.85. The quantitative estimate of drug-likeness (QED) is 0.807. The number of benzene rings is 1. The van der Waals surface area contributed by atoms with E-state index in [0.717, 1.165) is 22.7 Å². The second kappa shape index (κ2) is 5.94. The maximum absolute atomic E-state index is 12.5. The number of hydrogen-bond donors (Lipinski definition) is 3. The van der Waals surface area contributed by atoms with E-state index in [1.54, 1.807) is 6.20 Å². The number of amides is 1. The molecule has 3 N–H and O–H groups in total. The van der Waals surface area contributed by atoms with E-state index >= 15 is 0 Å². The molecule has 3 heterocycles. The number of rotatable bonds is 4. The van der Waals surface area contributed by atoms with Crippen LogP contribution in [0.25, 0.3) is 10.6 Å². The zero-order valence-electron chi connectivity index (χ0n) is 13.0. The smallest absolute Gasteiger partial charge is 0.263 e. The Morgan fingerprint density at radius 2 is 2.30 bits per heavy atom. The van der Waals surface area contributed by atoms with Crippen molar-refractivity contribution in [2.24, 2.45) is 0 Å². The second-order valence-corrected chi connectivity index (χ2v) is 7.25. The molecule has 5 nitrogen and oxygen atoms in total. The van der Waals surface area contributed by atoms with Gasteiger partial charge in [0.25, 0.3) is 5.91 Å². The lowest BCUT2D eigenvalue weighted by Crippen LogP contribution is -2.42. The predicted octanol–water partition coefficient (Wildman–Crippen LogP) is 2.47. The van der Waals surface area contributed by atoms with E-state index in [2.05, 4.69) is 20.9 Å². The first-order chi connectivity index (χ1) is 11.2. The normalized spacial score (nSPS) is 25.5. The van der Waals surface area contributed by atoms with E-state index < -0.39 is 0 Å². The van der Waals surface area contributed by atoms with Crippen molar-refractivity contribution in [1.29, 1.82) is 0 Å². The number of aromatic nitrogens is 1. The zero-order chi connectivity index (χ0) is 15.8. The second-order valence-electron chi connectivity index (χ2n) is 6.22. The Morgan fingerprint density at radius 1 is 1.39 bits per heavy atom. The van der Waals surface area contributed by atoms with Gasteiger partial charge in [-0.2, -0.15) is 0 Å². The first kappa shape index (κ1) is 14.7. The molecule has 0 spiro atoms. The molecule has 6 heteroatoms. The topological polar surface area (TPSA) is 66.0 Å². The van der Waals surface area contributed by atoms with Crippen LogP contribution in [0.4, 0.5) is 5.69 Å². The van der Waals surface area contributed by atoms with Crippen LogP contribution in [0.2, 0.25) is 0 Å². The van der Waals surface area contributed by atoms with Crippen LogP contribution in [0.3, 0.4) is 0 Å². The molecule has 1 amide bonds. The molecular weight excluding hydrogens is 308 g/mol. The number of fused-ring (bicyclic) bond motifs is 2. The molecule has 2 aromatic rings. The third-order valence-electron chi connectivity index (χ3n) is 4.74. The minimum atomic E-state index is -0.00197. The molecule has 3 unspecified atom stereocenters. The van der Waals surface area contributed by atoms with Crippen molar-refractivity contribution in [1.82, 2.24) is 15.6 Å². The maximum atomic E-state index is 12.5. The highest BCUT2D eigenvalue weighted by Gasteiger charge is 2.39. The Bertz CT molecular complexity index is 729. The highest BCUT2D eigenvalue weighted by Crippen LogP contribution is 2.30. The Morgan fingerprint density at radius 3 is 3.04 bits per heavy atom. The first-order valence-electron chi connectivity index (χ1n) is 8.04. The van der Waals surface area contributed by atoms with Gasteiger partial charge in [0, 0.05) is 36.4 Å². The molecule has 4 rings (SSSR count). The van der Waals surface area contributed by atoms with Crippen LogP contribution in [0.5, 0.6) is 0 Å². The Labute approximate surface area is 139 Å². The molecule has 2 bridgehead atoms. The lowest BCUT2D eigenvalue weighted by atomic mass is 9.95. The molecule has 23 heavy (non-hydrogen) atoms. The largest absolute Gasteiger partial charge is 0.388 e. The van der Waals surface area contributed by atoms with E-state index in [1.165, 1.54) is 24.2 Å². The van der Waals surface area contributed by atoms with Crippen molar-refractivity contribution in [2.75, 3.05) is 12.4 Å². The van der Waals surface area contributed by atoms with Crippen molar-refractivity contribution in [3.8, 4) is 10.6 Å². The number of hydrogen-bond acceptors (Lipinski definition) is 5. The van der Waals surface area contributed by atoms with Crippen molar-refractivity contribution in [3.05, 3.63) is 35.3 Å². The molecule has 2 fully saturated rings. The van der Waals surface area contributed by atoms with Gasteiger partial charge in [-0.15, -0.1) is 11.3 Å². The summed E-state index contributed by atoms with van der Waals surface area (Å²) in [7, 11) is 1.89. The van der Waals surface area contributed by atoms with E-state index in [-0.39, 0.29) is 11.9 Å². The molecular formula is C17H20N4OS. The van der Waals surface area contributed by atoms with Gasteiger partial charge in [0.2, 0.25) is 0 Å². The molecule has 2 saturated heterocycles. The van der Waals surface area contributed by atoms with Gasteiger partial charge in [0.1, 0.15) is 9.88 Å². The van der Waals surface area contributed by atoms with Gasteiger partial charge >= 0.3 is 0 Å². The van der Waals surface area contributed by atoms with Crippen molar-refractivity contribution >= 4 is 22.9 Å². The summed E-state index contributed by atoms with van der Waals surface area (Å²) in [4.78, 5) is 17.6. The van der Waals surface area contributed by atoms with Crippen molar-refractivity contribution < 1.29 is 4.79 Å². The summed E-state index contributed by atoms with van der Waals surface area (Å²) in [6, 6.07) is 9.35. The molecule has 0 aliphatic carbocycles. The molecule has 120 valence electrons. The number of carbonyl (C=O) groups is 1. The minimum absolute atomic E-state index is 0.00197. The predicted molar refractivity (Wildman–Crippen MR) is 92.9 cm³/mol. The lowest BCUT2D eigenvalue weighted by Gasteiger charge is -2.20. The SMILES string of the molecule is CNc1cccc(-c2ncc(C(=O)NC3CC4CCC3N4)s2)c1. The van der Waals surface area contributed by atoms with Crippen molar-refractivity contribution in [3.63, 3.8) is 0 Å². The Hall–Kier alpha value is -1.92. The number of anilines is 1. The molecule has 2 aliphatic rings. The summed E-state index contributed by atoms with van der Waals surface area (Å²) in [6.45, 7) is 0. The van der Waals surface area contributed by atoms with Crippen LogP contribution in [-0.2, 0) is 0 Å². The number of carbonyl (C=O) groups excluding carboxylic acids is 1. The summed E-state index contributed by atoms with van der Waals surface area (Å²) < 4.78 is 0. The van der Waals surface area contributed by atoms with Crippen LogP contribution in [0, 0.1) is 0 Å². The average Bonchev–Trinajstić information content (AvgIpc) is 3.31.